The van der Waals surface area contributed by atoms with E-state index in [-0.39, 0.29) is 18.7 Å². The Bertz CT molecular complexity index is 509. The third kappa shape index (κ3) is 5.74. The lowest BCUT2D eigenvalue weighted by Gasteiger charge is -2.11. The maximum absolute atomic E-state index is 11.8. The third-order valence-electron chi connectivity index (χ3n) is 2.59. The highest BCUT2D eigenvalue weighted by Gasteiger charge is 2.11. The number of urea groups is 1. The lowest BCUT2D eigenvalue weighted by atomic mass is 10.1. The molecule has 21 heavy (non-hydrogen) atoms. The van der Waals surface area contributed by atoms with Gasteiger partial charge in [0.25, 0.3) is 6.43 Å². The van der Waals surface area contributed by atoms with E-state index in [1.807, 2.05) is 0 Å². The van der Waals surface area contributed by atoms with Crippen LogP contribution in [0.15, 0.2) is 18.2 Å². The Kier molecular flexibility index (Phi) is 6.54. The molecule has 0 aliphatic carbocycles. The molecule has 0 aliphatic heterocycles. The Morgan fingerprint density at radius 2 is 2.10 bits per heavy atom. The summed E-state index contributed by atoms with van der Waals surface area (Å²) in [6.07, 6.45) is -2.54. The monoisotopic (exact) mass is 302 g/mol. The van der Waals surface area contributed by atoms with Gasteiger partial charge in [-0.1, -0.05) is 6.07 Å². The Hall–Kier alpha value is -2.22. The molecule has 0 fully saturated rings. The van der Waals surface area contributed by atoms with Gasteiger partial charge >= 0.3 is 12.0 Å². The Morgan fingerprint density at radius 1 is 1.38 bits per heavy atom. The molecule has 0 aromatic heterocycles. The van der Waals surface area contributed by atoms with Crippen molar-refractivity contribution in [3.8, 4) is 0 Å². The lowest BCUT2D eigenvalue weighted by Crippen LogP contribution is -2.32. The third-order valence-corrected chi connectivity index (χ3v) is 2.59. The van der Waals surface area contributed by atoms with E-state index in [1.54, 1.807) is 13.0 Å². The second-order valence-electron chi connectivity index (χ2n) is 4.13. The van der Waals surface area contributed by atoms with Crippen molar-refractivity contribution in [1.82, 2.24) is 5.32 Å². The number of nitrogens with one attached hydrogen (secondary N) is 2. The van der Waals surface area contributed by atoms with Gasteiger partial charge in [-0.15, -0.1) is 0 Å². The highest BCUT2D eigenvalue weighted by Crippen LogP contribution is 2.18. The topological polar surface area (TPSA) is 87.7 Å². The van der Waals surface area contributed by atoms with Gasteiger partial charge in [-0.3, -0.25) is 0 Å². The van der Waals surface area contributed by atoms with E-state index in [9.17, 15) is 18.4 Å². The van der Waals surface area contributed by atoms with E-state index >= 15 is 0 Å². The molecular weight excluding hydrogens is 286 g/mol. The largest absolute Gasteiger partial charge is 0.478 e. The number of rotatable bonds is 7. The van der Waals surface area contributed by atoms with Crippen LogP contribution in [0.1, 0.15) is 15.9 Å². The van der Waals surface area contributed by atoms with Crippen LogP contribution in [0.2, 0.25) is 0 Å². The highest BCUT2D eigenvalue weighted by molar-refractivity contribution is 5.95. The summed E-state index contributed by atoms with van der Waals surface area (Å²) in [4.78, 5) is 22.5. The summed E-state index contributed by atoms with van der Waals surface area (Å²) >= 11 is 0. The number of carbonyl (C=O) groups excluding carboxylic acids is 1. The molecule has 8 heteroatoms. The predicted octanol–water partition coefficient (Wildman–Crippen LogP) is 2.10. The number of aromatic carboxylic acids is 1. The fourth-order valence-electron chi connectivity index (χ4n) is 1.58. The minimum absolute atomic E-state index is 0.0358. The molecule has 1 rings (SSSR count). The molecule has 0 spiro atoms. The molecule has 6 nitrogen and oxygen atoms in total. The molecule has 1 aromatic carbocycles. The zero-order chi connectivity index (χ0) is 15.8. The quantitative estimate of drug-likeness (QED) is 0.673. The van der Waals surface area contributed by atoms with E-state index in [4.69, 9.17) is 5.11 Å². The standard InChI is InChI=1S/C13H16F2N2O4/c1-8-9(12(18)19)3-2-4-10(8)17-13(20)16-5-6-21-7-11(14)15/h2-4,11H,5-7H2,1H3,(H,18,19)(H2,16,17,20). The summed E-state index contributed by atoms with van der Waals surface area (Å²) in [7, 11) is 0. The van der Waals surface area contributed by atoms with Crippen LogP contribution < -0.4 is 10.6 Å². The number of hydrogen-bond acceptors (Lipinski definition) is 3. The molecule has 116 valence electrons. The minimum atomic E-state index is -2.54. The van der Waals surface area contributed by atoms with Crippen molar-refractivity contribution in [1.29, 1.82) is 0 Å². The number of benzene rings is 1. The van der Waals surface area contributed by atoms with Crippen LogP contribution in [0.25, 0.3) is 0 Å². The van der Waals surface area contributed by atoms with Crippen molar-refractivity contribution in [3.05, 3.63) is 29.3 Å². The maximum Gasteiger partial charge on any atom is 0.336 e. The molecule has 0 unspecified atom stereocenters. The van der Waals surface area contributed by atoms with E-state index < -0.39 is 25.0 Å². The van der Waals surface area contributed by atoms with E-state index in [0.717, 1.165) is 0 Å². The van der Waals surface area contributed by atoms with Crippen molar-refractivity contribution >= 4 is 17.7 Å². The number of ether oxygens (including phenoxy) is 1. The summed E-state index contributed by atoms with van der Waals surface area (Å²) in [5, 5.41) is 13.9. The minimum Gasteiger partial charge on any atom is -0.478 e. The van der Waals surface area contributed by atoms with Gasteiger partial charge < -0.3 is 20.5 Å². The molecule has 0 saturated carbocycles. The van der Waals surface area contributed by atoms with Gasteiger partial charge in [0.05, 0.1) is 12.2 Å². The van der Waals surface area contributed by atoms with Crippen molar-refractivity contribution in [2.24, 2.45) is 0 Å². The van der Waals surface area contributed by atoms with Crippen LogP contribution in [0.5, 0.6) is 0 Å². The molecule has 1 aromatic rings. The molecule has 0 bridgehead atoms. The Labute approximate surface area is 120 Å². The number of carboxylic acid groups (broad SMARTS) is 1. The molecule has 2 amide bonds. The normalized spacial score (nSPS) is 10.5. The van der Waals surface area contributed by atoms with Crippen LogP contribution in [0.4, 0.5) is 19.3 Å². The summed E-state index contributed by atoms with van der Waals surface area (Å²) < 4.78 is 28.2. The van der Waals surface area contributed by atoms with Crippen LogP contribution in [-0.2, 0) is 4.74 Å². The molecule has 0 atom stereocenters. The van der Waals surface area contributed by atoms with E-state index in [0.29, 0.717) is 11.3 Å². The van der Waals surface area contributed by atoms with Gasteiger partial charge in [0.2, 0.25) is 0 Å². The van der Waals surface area contributed by atoms with Crippen molar-refractivity contribution in [2.45, 2.75) is 13.3 Å². The molecule has 0 heterocycles. The zero-order valence-electron chi connectivity index (χ0n) is 11.4. The number of hydrogen-bond donors (Lipinski definition) is 3. The number of carboxylic acids is 1. The molecule has 3 N–H and O–H groups in total. The first kappa shape index (κ1) is 16.8. The summed E-state index contributed by atoms with van der Waals surface area (Å²) in [6.45, 7) is 0.927. The number of amides is 2. The first-order valence-corrected chi connectivity index (χ1v) is 6.15. The van der Waals surface area contributed by atoms with Crippen LogP contribution >= 0.6 is 0 Å². The fraction of sp³-hybridized carbons (Fsp3) is 0.385. The fourth-order valence-corrected chi connectivity index (χ4v) is 1.58. The first-order valence-electron chi connectivity index (χ1n) is 6.15. The first-order chi connectivity index (χ1) is 9.91. The number of halogens is 2. The molecule has 0 aliphatic rings. The number of carbonyl (C=O) groups is 2. The van der Waals surface area contributed by atoms with Crippen LogP contribution in [0.3, 0.4) is 0 Å². The van der Waals surface area contributed by atoms with E-state index in [2.05, 4.69) is 15.4 Å². The van der Waals surface area contributed by atoms with Crippen molar-refractivity contribution < 1.29 is 28.2 Å². The Balaban J connectivity index is 2.45. The predicted molar refractivity (Wildman–Crippen MR) is 72.0 cm³/mol. The van der Waals surface area contributed by atoms with Crippen molar-refractivity contribution in [3.63, 3.8) is 0 Å². The molecule has 0 saturated heterocycles. The number of alkyl halides is 2. The summed E-state index contributed by atoms with van der Waals surface area (Å²) in [6, 6.07) is 3.94. The van der Waals surface area contributed by atoms with Crippen LogP contribution in [-0.4, -0.2) is 43.3 Å². The maximum atomic E-state index is 11.8. The van der Waals surface area contributed by atoms with E-state index in [1.165, 1.54) is 12.1 Å². The average molecular weight is 302 g/mol. The lowest BCUT2D eigenvalue weighted by molar-refractivity contribution is 0.0194. The second kappa shape index (κ2) is 8.15. The van der Waals surface area contributed by atoms with Crippen molar-refractivity contribution in [2.75, 3.05) is 25.1 Å². The van der Waals surface area contributed by atoms with Gasteiger partial charge in [-0.2, -0.15) is 0 Å². The van der Waals surface area contributed by atoms with Gasteiger partial charge in [0, 0.05) is 12.2 Å². The summed E-state index contributed by atoms with van der Waals surface area (Å²) in [5.41, 5.74) is 0.878. The zero-order valence-corrected chi connectivity index (χ0v) is 11.4. The van der Waals surface area contributed by atoms with Crippen LogP contribution in [0, 0.1) is 6.92 Å². The molecular formula is C13H16F2N2O4. The van der Waals surface area contributed by atoms with Gasteiger partial charge in [-0.05, 0) is 24.6 Å². The number of anilines is 1. The smallest absolute Gasteiger partial charge is 0.336 e. The average Bonchev–Trinajstić information content (AvgIpc) is 2.40. The van der Waals surface area contributed by atoms with Gasteiger partial charge in [0.15, 0.2) is 0 Å². The molecule has 0 radical (unpaired) electrons. The van der Waals surface area contributed by atoms with Gasteiger partial charge in [-0.25, -0.2) is 18.4 Å². The second-order valence-corrected chi connectivity index (χ2v) is 4.13. The Morgan fingerprint density at radius 3 is 2.71 bits per heavy atom. The van der Waals surface area contributed by atoms with Gasteiger partial charge in [0.1, 0.15) is 6.61 Å². The summed E-state index contributed by atoms with van der Waals surface area (Å²) in [5.74, 6) is -1.09. The SMILES string of the molecule is Cc1c(NC(=O)NCCOCC(F)F)cccc1C(=O)O. The highest BCUT2D eigenvalue weighted by atomic mass is 19.3.